The third kappa shape index (κ3) is 3.56. The van der Waals surface area contributed by atoms with Crippen molar-refractivity contribution in [1.82, 2.24) is 5.32 Å². The fourth-order valence-corrected chi connectivity index (χ4v) is 1.56. The fraction of sp³-hybridized carbons (Fsp3) is 0.455. The molecule has 0 spiro atoms. The van der Waals surface area contributed by atoms with Crippen LogP contribution in [0.5, 0.6) is 5.75 Å². The molecule has 0 aliphatic carbocycles. The van der Waals surface area contributed by atoms with Gasteiger partial charge in [-0.15, -0.1) is 11.6 Å². The number of aromatic hydroxyl groups is 1. The second-order valence-electron chi connectivity index (χ2n) is 3.31. The number of halogens is 1. The van der Waals surface area contributed by atoms with Crippen LogP contribution in [0.25, 0.3) is 0 Å². The van der Waals surface area contributed by atoms with E-state index in [1.165, 1.54) is 0 Å². The van der Waals surface area contributed by atoms with Crippen LogP contribution < -0.4 is 5.32 Å². The molecule has 0 fully saturated rings. The molecule has 2 N–H and O–H groups in total. The average molecular weight is 214 g/mol. The van der Waals surface area contributed by atoms with Gasteiger partial charge in [-0.25, -0.2) is 0 Å². The Labute approximate surface area is 89.9 Å². The average Bonchev–Trinajstić information content (AvgIpc) is 2.19. The van der Waals surface area contributed by atoms with Crippen LogP contribution in [0.2, 0.25) is 0 Å². The second kappa shape index (κ2) is 5.89. The van der Waals surface area contributed by atoms with Crippen LogP contribution in [0.4, 0.5) is 0 Å². The maximum atomic E-state index is 9.24. The number of alkyl halides is 1. The molecule has 2 nitrogen and oxygen atoms in total. The summed E-state index contributed by atoms with van der Waals surface area (Å²) in [5, 5.41) is 12.6. The van der Waals surface area contributed by atoms with Crippen LogP contribution in [0.3, 0.4) is 0 Å². The summed E-state index contributed by atoms with van der Waals surface area (Å²) in [5.74, 6) is 0.929. The molecule has 0 aliphatic rings. The van der Waals surface area contributed by atoms with E-state index in [1.807, 2.05) is 12.1 Å². The van der Waals surface area contributed by atoms with E-state index in [0.717, 1.165) is 18.5 Å². The van der Waals surface area contributed by atoms with E-state index in [1.54, 1.807) is 12.1 Å². The van der Waals surface area contributed by atoms with Gasteiger partial charge < -0.3 is 10.4 Å². The smallest absolute Gasteiger partial charge is 0.115 e. The minimum absolute atomic E-state index is 0.309. The summed E-state index contributed by atoms with van der Waals surface area (Å²) >= 11 is 5.75. The van der Waals surface area contributed by atoms with Gasteiger partial charge in [-0.05, 0) is 24.1 Å². The van der Waals surface area contributed by atoms with Gasteiger partial charge in [0.2, 0.25) is 0 Å². The van der Waals surface area contributed by atoms with E-state index in [-0.39, 0.29) is 0 Å². The summed E-state index contributed by atoms with van der Waals surface area (Å²) in [7, 11) is 0. The van der Waals surface area contributed by atoms with E-state index in [2.05, 4.69) is 12.2 Å². The quantitative estimate of drug-likeness (QED) is 0.737. The molecule has 1 aromatic carbocycles. The van der Waals surface area contributed by atoms with Crippen LogP contribution in [0.1, 0.15) is 18.9 Å². The Morgan fingerprint density at radius 1 is 1.50 bits per heavy atom. The highest BCUT2D eigenvalue weighted by Gasteiger charge is 2.03. The third-order valence-corrected chi connectivity index (χ3v) is 2.56. The van der Waals surface area contributed by atoms with Crippen LogP contribution >= 0.6 is 11.6 Å². The first-order valence-corrected chi connectivity index (χ1v) is 5.37. The molecule has 0 bridgehead atoms. The monoisotopic (exact) mass is 213 g/mol. The standard InChI is InChI=1S/C11H16ClNO/c1-2-10(7-12)13-8-9-4-3-5-11(14)6-9/h3-6,10,13-14H,2,7-8H2,1H3. The number of phenolic OH excluding ortho intramolecular Hbond substituents is 1. The minimum atomic E-state index is 0.309. The normalized spacial score (nSPS) is 12.7. The van der Waals surface area contributed by atoms with Crippen molar-refractivity contribution in [2.45, 2.75) is 25.9 Å². The Kier molecular flexibility index (Phi) is 4.77. The van der Waals surface area contributed by atoms with Crippen molar-refractivity contribution in [3.63, 3.8) is 0 Å². The summed E-state index contributed by atoms with van der Waals surface area (Å²) in [6, 6.07) is 7.59. The lowest BCUT2D eigenvalue weighted by atomic mass is 10.2. The summed E-state index contributed by atoms with van der Waals surface area (Å²) < 4.78 is 0. The van der Waals surface area contributed by atoms with Crippen molar-refractivity contribution in [3.05, 3.63) is 29.8 Å². The number of benzene rings is 1. The molecule has 0 heterocycles. The molecule has 14 heavy (non-hydrogen) atoms. The van der Waals surface area contributed by atoms with Gasteiger partial charge in [0.05, 0.1) is 0 Å². The molecule has 78 valence electrons. The molecule has 0 radical (unpaired) electrons. The lowest BCUT2D eigenvalue weighted by molar-refractivity contribution is 0.473. The van der Waals surface area contributed by atoms with Crippen molar-refractivity contribution in [2.24, 2.45) is 0 Å². The molecule has 1 aromatic rings. The zero-order valence-electron chi connectivity index (χ0n) is 8.33. The van der Waals surface area contributed by atoms with Crippen molar-refractivity contribution < 1.29 is 5.11 Å². The number of hydrogen-bond acceptors (Lipinski definition) is 2. The first-order chi connectivity index (χ1) is 6.76. The van der Waals surface area contributed by atoms with E-state index < -0.39 is 0 Å². The molecule has 0 aromatic heterocycles. The topological polar surface area (TPSA) is 32.3 Å². The van der Waals surface area contributed by atoms with Crippen molar-refractivity contribution >= 4 is 11.6 Å². The van der Waals surface area contributed by atoms with Crippen LogP contribution in [-0.2, 0) is 6.54 Å². The first-order valence-electron chi connectivity index (χ1n) is 4.83. The zero-order chi connectivity index (χ0) is 10.4. The van der Waals surface area contributed by atoms with Crippen molar-refractivity contribution in [3.8, 4) is 5.75 Å². The lowest BCUT2D eigenvalue weighted by Crippen LogP contribution is -2.29. The van der Waals surface area contributed by atoms with Crippen molar-refractivity contribution in [2.75, 3.05) is 5.88 Å². The van der Waals surface area contributed by atoms with Gasteiger partial charge in [-0.3, -0.25) is 0 Å². The highest BCUT2D eigenvalue weighted by molar-refractivity contribution is 6.18. The van der Waals surface area contributed by atoms with Crippen LogP contribution in [-0.4, -0.2) is 17.0 Å². The van der Waals surface area contributed by atoms with E-state index >= 15 is 0 Å². The van der Waals surface area contributed by atoms with Crippen LogP contribution in [0.15, 0.2) is 24.3 Å². The predicted octanol–water partition coefficient (Wildman–Crippen LogP) is 2.50. The number of rotatable bonds is 5. The van der Waals surface area contributed by atoms with Gasteiger partial charge in [0, 0.05) is 18.5 Å². The summed E-state index contributed by atoms with van der Waals surface area (Å²) in [6.45, 7) is 2.85. The first kappa shape index (κ1) is 11.3. The molecule has 1 atom stereocenters. The lowest BCUT2D eigenvalue weighted by Gasteiger charge is -2.13. The molecule has 0 amide bonds. The summed E-state index contributed by atoms with van der Waals surface area (Å²) in [4.78, 5) is 0. The summed E-state index contributed by atoms with van der Waals surface area (Å²) in [6.07, 6.45) is 1.02. The zero-order valence-corrected chi connectivity index (χ0v) is 9.09. The van der Waals surface area contributed by atoms with E-state index in [4.69, 9.17) is 11.6 Å². The number of nitrogens with one attached hydrogen (secondary N) is 1. The van der Waals surface area contributed by atoms with Gasteiger partial charge in [0.15, 0.2) is 0 Å². The van der Waals surface area contributed by atoms with Gasteiger partial charge in [-0.2, -0.15) is 0 Å². The molecular formula is C11H16ClNO. The van der Waals surface area contributed by atoms with Gasteiger partial charge in [0.25, 0.3) is 0 Å². The Balaban J connectivity index is 2.44. The third-order valence-electron chi connectivity index (χ3n) is 2.18. The molecule has 3 heteroatoms. The largest absolute Gasteiger partial charge is 0.508 e. The van der Waals surface area contributed by atoms with Crippen molar-refractivity contribution in [1.29, 1.82) is 0 Å². The van der Waals surface area contributed by atoms with Gasteiger partial charge in [0.1, 0.15) is 5.75 Å². The Morgan fingerprint density at radius 3 is 2.86 bits per heavy atom. The van der Waals surface area contributed by atoms with Gasteiger partial charge in [-0.1, -0.05) is 19.1 Å². The molecule has 1 unspecified atom stereocenters. The highest BCUT2D eigenvalue weighted by Crippen LogP contribution is 2.10. The predicted molar refractivity (Wildman–Crippen MR) is 59.7 cm³/mol. The van der Waals surface area contributed by atoms with Gasteiger partial charge >= 0.3 is 0 Å². The molecule has 0 saturated carbocycles. The molecule has 0 aliphatic heterocycles. The Bertz CT molecular complexity index is 274. The Hall–Kier alpha value is -0.730. The maximum absolute atomic E-state index is 9.24. The Morgan fingerprint density at radius 2 is 2.29 bits per heavy atom. The molecule has 1 rings (SSSR count). The minimum Gasteiger partial charge on any atom is -0.508 e. The fourth-order valence-electron chi connectivity index (χ4n) is 1.24. The van der Waals surface area contributed by atoms with E-state index in [9.17, 15) is 5.11 Å². The molecule has 0 saturated heterocycles. The number of phenols is 1. The molecular weight excluding hydrogens is 198 g/mol. The second-order valence-corrected chi connectivity index (χ2v) is 3.62. The number of hydrogen-bond donors (Lipinski definition) is 2. The SMILES string of the molecule is CCC(CCl)NCc1cccc(O)c1. The maximum Gasteiger partial charge on any atom is 0.115 e. The van der Waals surface area contributed by atoms with E-state index in [0.29, 0.717) is 17.7 Å². The summed E-state index contributed by atoms with van der Waals surface area (Å²) in [5.41, 5.74) is 1.08. The van der Waals surface area contributed by atoms with Crippen LogP contribution in [0, 0.1) is 0 Å². The highest BCUT2D eigenvalue weighted by atomic mass is 35.5.